The standard InChI is InChI=1S/C20H36N4O2.HI/c1-7-8-9-10-13-22-20(21-2)23-15-17(24(3)4)16-11-12-18(25-5)19(14-16)26-6;/h11-12,14,17H,7-10,13,15H2,1-6H3,(H2,21,22,23);1H. The van der Waals surface area contributed by atoms with Gasteiger partial charge in [0, 0.05) is 20.1 Å². The zero-order chi connectivity index (χ0) is 19.4. The van der Waals surface area contributed by atoms with E-state index in [0.29, 0.717) is 0 Å². The minimum atomic E-state index is 0. The Morgan fingerprint density at radius 1 is 1.07 bits per heavy atom. The number of aliphatic imine (C=N–C) groups is 1. The Morgan fingerprint density at radius 3 is 2.33 bits per heavy atom. The average molecular weight is 492 g/mol. The molecule has 0 radical (unpaired) electrons. The van der Waals surface area contributed by atoms with Crippen LogP contribution in [0.5, 0.6) is 11.5 Å². The van der Waals surface area contributed by atoms with E-state index >= 15 is 0 Å². The number of nitrogens with zero attached hydrogens (tertiary/aromatic N) is 2. The van der Waals surface area contributed by atoms with Crippen LogP contribution in [-0.2, 0) is 0 Å². The predicted octanol–water partition coefficient (Wildman–Crippen LogP) is 3.67. The van der Waals surface area contributed by atoms with Crippen LogP contribution >= 0.6 is 24.0 Å². The number of unbranched alkanes of at least 4 members (excludes halogenated alkanes) is 3. The highest BCUT2D eigenvalue weighted by Crippen LogP contribution is 2.31. The van der Waals surface area contributed by atoms with Crippen molar-refractivity contribution in [3.05, 3.63) is 23.8 Å². The molecule has 156 valence electrons. The highest BCUT2D eigenvalue weighted by molar-refractivity contribution is 14.0. The van der Waals surface area contributed by atoms with Crippen LogP contribution in [0.4, 0.5) is 0 Å². The molecule has 0 aliphatic rings. The summed E-state index contributed by atoms with van der Waals surface area (Å²) in [5.74, 6) is 2.33. The molecule has 2 N–H and O–H groups in total. The van der Waals surface area contributed by atoms with E-state index in [2.05, 4.69) is 47.6 Å². The highest BCUT2D eigenvalue weighted by atomic mass is 127. The third-order valence-corrected chi connectivity index (χ3v) is 4.42. The number of hydrogen-bond acceptors (Lipinski definition) is 4. The lowest BCUT2D eigenvalue weighted by molar-refractivity contribution is 0.295. The average Bonchev–Trinajstić information content (AvgIpc) is 2.65. The van der Waals surface area contributed by atoms with Crippen LogP contribution in [0.1, 0.15) is 44.2 Å². The molecule has 0 aliphatic carbocycles. The van der Waals surface area contributed by atoms with E-state index in [4.69, 9.17) is 9.47 Å². The number of rotatable bonds is 11. The smallest absolute Gasteiger partial charge is 0.191 e. The van der Waals surface area contributed by atoms with Crippen molar-refractivity contribution < 1.29 is 9.47 Å². The molecule has 0 aromatic heterocycles. The number of guanidine groups is 1. The predicted molar refractivity (Wildman–Crippen MR) is 125 cm³/mol. The zero-order valence-electron chi connectivity index (χ0n) is 17.7. The molecule has 0 bridgehead atoms. The molecule has 0 fully saturated rings. The second-order valence-electron chi connectivity index (χ2n) is 6.53. The van der Waals surface area contributed by atoms with E-state index in [-0.39, 0.29) is 30.0 Å². The molecule has 1 unspecified atom stereocenters. The van der Waals surface area contributed by atoms with Crippen LogP contribution in [0.15, 0.2) is 23.2 Å². The molecule has 0 aliphatic heterocycles. The van der Waals surface area contributed by atoms with E-state index in [1.807, 2.05) is 19.2 Å². The fraction of sp³-hybridized carbons (Fsp3) is 0.650. The molecular weight excluding hydrogens is 455 g/mol. The normalized spacial score (nSPS) is 12.3. The topological polar surface area (TPSA) is 58.1 Å². The fourth-order valence-corrected chi connectivity index (χ4v) is 2.83. The van der Waals surface area contributed by atoms with Crippen molar-refractivity contribution >= 4 is 29.9 Å². The second-order valence-corrected chi connectivity index (χ2v) is 6.53. The van der Waals surface area contributed by atoms with Gasteiger partial charge >= 0.3 is 0 Å². The van der Waals surface area contributed by atoms with E-state index in [9.17, 15) is 0 Å². The van der Waals surface area contributed by atoms with Gasteiger partial charge in [-0.3, -0.25) is 4.99 Å². The van der Waals surface area contributed by atoms with Gasteiger partial charge in [-0.15, -0.1) is 24.0 Å². The molecular formula is C20H37IN4O2. The SMILES string of the molecule is CCCCCCNC(=NC)NCC(c1ccc(OC)c(OC)c1)N(C)C.I. The molecule has 1 aromatic rings. The van der Waals surface area contributed by atoms with Crippen molar-refractivity contribution in [3.63, 3.8) is 0 Å². The van der Waals surface area contributed by atoms with Gasteiger partial charge in [0.05, 0.1) is 20.3 Å². The zero-order valence-corrected chi connectivity index (χ0v) is 20.0. The maximum absolute atomic E-state index is 5.44. The quantitative estimate of drug-likeness (QED) is 0.214. The van der Waals surface area contributed by atoms with Crippen molar-refractivity contribution in [1.82, 2.24) is 15.5 Å². The molecule has 0 saturated carbocycles. The first-order valence-electron chi connectivity index (χ1n) is 9.40. The fourth-order valence-electron chi connectivity index (χ4n) is 2.83. The Hall–Kier alpha value is -1.22. The third-order valence-electron chi connectivity index (χ3n) is 4.42. The van der Waals surface area contributed by atoms with Gasteiger partial charge in [0.25, 0.3) is 0 Å². The first-order chi connectivity index (χ1) is 12.6. The molecule has 0 heterocycles. The maximum atomic E-state index is 5.44. The van der Waals surface area contributed by atoms with Crippen molar-refractivity contribution in [1.29, 1.82) is 0 Å². The number of halogens is 1. The number of methoxy groups -OCH3 is 2. The summed E-state index contributed by atoms with van der Waals surface area (Å²) < 4.78 is 10.8. The van der Waals surface area contributed by atoms with Crippen molar-refractivity contribution in [2.24, 2.45) is 4.99 Å². The second kappa shape index (κ2) is 14.8. The summed E-state index contributed by atoms with van der Waals surface area (Å²) in [6.07, 6.45) is 4.96. The van der Waals surface area contributed by atoms with Gasteiger partial charge in [-0.25, -0.2) is 0 Å². The lowest BCUT2D eigenvalue weighted by Crippen LogP contribution is -2.42. The molecule has 0 saturated heterocycles. The summed E-state index contributed by atoms with van der Waals surface area (Å²) in [4.78, 5) is 6.51. The van der Waals surface area contributed by atoms with Crippen molar-refractivity contribution in [2.45, 2.75) is 38.6 Å². The highest BCUT2D eigenvalue weighted by Gasteiger charge is 2.17. The van der Waals surface area contributed by atoms with Crippen LogP contribution in [0.25, 0.3) is 0 Å². The van der Waals surface area contributed by atoms with Gasteiger partial charge in [-0.05, 0) is 38.2 Å². The maximum Gasteiger partial charge on any atom is 0.191 e. The third kappa shape index (κ3) is 9.01. The van der Waals surface area contributed by atoms with Crippen LogP contribution < -0.4 is 20.1 Å². The van der Waals surface area contributed by atoms with Crippen LogP contribution in [0.2, 0.25) is 0 Å². The van der Waals surface area contributed by atoms with Gasteiger partial charge in [0.15, 0.2) is 17.5 Å². The largest absolute Gasteiger partial charge is 0.493 e. The van der Waals surface area contributed by atoms with Crippen LogP contribution in [0.3, 0.4) is 0 Å². The number of ether oxygens (including phenoxy) is 2. The number of likely N-dealkylation sites (N-methyl/N-ethyl adjacent to an activating group) is 1. The summed E-state index contributed by atoms with van der Waals surface area (Å²) in [7, 11) is 9.27. The Labute approximate surface area is 182 Å². The summed E-state index contributed by atoms with van der Waals surface area (Å²) in [5.41, 5.74) is 1.17. The van der Waals surface area contributed by atoms with E-state index in [1.54, 1.807) is 14.2 Å². The Balaban J connectivity index is 0.00000676. The molecule has 0 amide bonds. The first kappa shape index (κ1) is 25.8. The molecule has 0 spiro atoms. The molecule has 6 nitrogen and oxygen atoms in total. The molecule has 7 heteroatoms. The van der Waals surface area contributed by atoms with Gasteiger partial charge in [-0.1, -0.05) is 32.3 Å². The number of hydrogen-bond donors (Lipinski definition) is 2. The molecule has 1 aromatic carbocycles. The summed E-state index contributed by atoms with van der Waals surface area (Å²) >= 11 is 0. The van der Waals surface area contributed by atoms with E-state index in [1.165, 1.54) is 31.2 Å². The van der Waals surface area contributed by atoms with Gasteiger partial charge in [0.1, 0.15) is 0 Å². The van der Waals surface area contributed by atoms with E-state index in [0.717, 1.165) is 30.5 Å². The van der Waals surface area contributed by atoms with Gasteiger partial charge in [0.2, 0.25) is 0 Å². The number of benzene rings is 1. The van der Waals surface area contributed by atoms with Crippen molar-refractivity contribution in [3.8, 4) is 11.5 Å². The van der Waals surface area contributed by atoms with Crippen LogP contribution in [0, 0.1) is 0 Å². The molecule has 1 atom stereocenters. The molecule has 27 heavy (non-hydrogen) atoms. The summed E-state index contributed by atoms with van der Waals surface area (Å²) in [6, 6.07) is 6.25. The van der Waals surface area contributed by atoms with Gasteiger partial charge in [-0.2, -0.15) is 0 Å². The first-order valence-corrected chi connectivity index (χ1v) is 9.40. The monoisotopic (exact) mass is 492 g/mol. The van der Waals surface area contributed by atoms with Crippen LogP contribution in [-0.4, -0.2) is 59.3 Å². The van der Waals surface area contributed by atoms with Crippen molar-refractivity contribution in [2.75, 3.05) is 48.5 Å². The lowest BCUT2D eigenvalue weighted by Gasteiger charge is -2.26. The minimum Gasteiger partial charge on any atom is -0.493 e. The van der Waals surface area contributed by atoms with Gasteiger partial charge < -0.3 is 25.0 Å². The Morgan fingerprint density at radius 2 is 1.78 bits per heavy atom. The summed E-state index contributed by atoms with van der Waals surface area (Å²) in [5, 5.41) is 6.82. The number of nitrogens with one attached hydrogen (secondary N) is 2. The summed E-state index contributed by atoms with van der Waals surface area (Å²) in [6.45, 7) is 3.92. The lowest BCUT2D eigenvalue weighted by atomic mass is 10.1. The molecule has 1 rings (SSSR count). The minimum absolute atomic E-state index is 0. The Kier molecular flexibility index (Phi) is 14.1. The van der Waals surface area contributed by atoms with E-state index < -0.39 is 0 Å². The Bertz CT molecular complexity index is 553.